The third kappa shape index (κ3) is 2.81. The number of nitrogens with one attached hydrogen (secondary N) is 1. The second-order valence-electron chi connectivity index (χ2n) is 4.49. The van der Waals surface area contributed by atoms with Gasteiger partial charge in [0.1, 0.15) is 0 Å². The lowest BCUT2D eigenvalue weighted by Gasteiger charge is -2.32. The molecule has 2 rings (SSSR count). The Labute approximate surface area is 91.5 Å². The van der Waals surface area contributed by atoms with Crippen molar-refractivity contribution < 1.29 is 4.79 Å². The van der Waals surface area contributed by atoms with E-state index < -0.39 is 0 Å². The minimum absolute atomic E-state index is 0.281. The predicted octanol–water partition coefficient (Wildman–Crippen LogP) is 1.31. The number of carbonyl (C=O) groups is 1. The van der Waals surface area contributed by atoms with Crippen molar-refractivity contribution in [1.82, 2.24) is 10.2 Å². The van der Waals surface area contributed by atoms with Gasteiger partial charge in [-0.3, -0.25) is 4.79 Å². The number of piperidine rings is 1. The van der Waals surface area contributed by atoms with E-state index in [1.54, 1.807) is 6.08 Å². The summed E-state index contributed by atoms with van der Waals surface area (Å²) in [5, 5.41) is 3.51. The first-order valence-corrected chi connectivity index (χ1v) is 6.00. The Morgan fingerprint density at radius 2 is 2.13 bits per heavy atom. The molecule has 0 bridgehead atoms. The maximum atomic E-state index is 11.1. The summed E-state index contributed by atoms with van der Waals surface area (Å²) in [5.74, 6) is 0.281. The van der Waals surface area contributed by atoms with Gasteiger partial charge in [0.15, 0.2) is 5.78 Å². The highest BCUT2D eigenvalue weighted by atomic mass is 16.1. The van der Waals surface area contributed by atoms with Crippen LogP contribution < -0.4 is 5.32 Å². The van der Waals surface area contributed by atoms with Crippen LogP contribution in [-0.2, 0) is 4.79 Å². The Balaban J connectivity index is 1.77. The molecule has 15 heavy (non-hydrogen) atoms. The van der Waals surface area contributed by atoms with Gasteiger partial charge in [0.2, 0.25) is 0 Å². The molecule has 1 fully saturated rings. The molecule has 0 atom stereocenters. The Morgan fingerprint density at radius 1 is 1.40 bits per heavy atom. The number of carbonyl (C=O) groups excluding carboxylic acids is 1. The summed E-state index contributed by atoms with van der Waals surface area (Å²) in [6, 6.07) is 0.588. The molecule has 1 aliphatic heterocycles. The van der Waals surface area contributed by atoms with Crippen molar-refractivity contribution in [3.63, 3.8) is 0 Å². The molecule has 0 saturated carbocycles. The summed E-state index contributed by atoms with van der Waals surface area (Å²) in [6.07, 6.45) is 5.83. The van der Waals surface area contributed by atoms with E-state index in [0.29, 0.717) is 12.5 Å². The molecule has 0 amide bonds. The molecule has 1 N–H and O–H groups in total. The van der Waals surface area contributed by atoms with Gasteiger partial charge in [0.25, 0.3) is 0 Å². The number of hydrogen-bond acceptors (Lipinski definition) is 3. The fraction of sp³-hybridized carbons (Fsp3) is 0.750. The van der Waals surface area contributed by atoms with Crippen LogP contribution in [0.4, 0.5) is 0 Å². The van der Waals surface area contributed by atoms with Gasteiger partial charge in [-0.2, -0.15) is 0 Å². The molecule has 0 spiro atoms. The highest BCUT2D eigenvalue weighted by Gasteiger charge is 2.20. The zero-order chi connectivity index (χ0) is 10.7. The first-order valence-electron chi connectivity index (χ1n) is 6.00. The van der Waals surface area contributed by atoms with Gasteiger partial charge in [-0.25, -0.2) is 0 Å². The maximum Gasteiger partial charge on any atom is 0.157 e. The minimum Gasteiger partial charge on any atom is -0.385 e. The molecule has 0 aromatic rings. The van der Waals surface area contributed by atoms with E-state index in [2.05, 4.69) is 17.1 Å². The number of allylic oxidation sites excluding steroid dienone is 2. The fourth-order valence-corrected chi connectivity index (χ4v) is 2.37. The quantitative estimate of drug-likeness (QED) is 0.759. The number of likely N-dealkylation sites (tertiary alicyclic amines) is 1. The number of hydrogen-bond donors (Lipinski definition) is 1. The maximum absolute atomic E-state index is 11.1. The van der Waals surface area contributed by atoms with Crippen molar-refractivity contribution >= 4 is 5.78 Å². The van der Waals surface area contributed by atoms with Crippen LogP contribution >= 0.6 is 0 Å². The Kier molecular flexibility index (Phi) is 3.41. The lowest BCUT2D eigenvalue weighted by Crippen LogP contribution is -2.41. The summed E-state index contributed by atoms with van der Waals surface area (Å²) >= 11 is 0. The highest BCUT2D eigenvalue weighted by Crippen LogP contribution is 2.16. The van der Waals surface area contributed by atoms with Crippen molar-refractivity contribution in [3.05, 3.63) is 11.8 Å². The third-order valence-corrected chi connectivity index (χ3v) is 3.40. The van der Waals surface area contributed by atoms with Gasteiger partial charge in [-0.05, 0) is 25.8 Å². The molecule has 2 aliphatic rings. The molecule has 0 aromatic carbocycles. The van der Waals surface area contributed by atoms with Gasteiger partial charge >= 0.3 is 0 Å². The SMILES string of the molecule is CCN1CCC(NC2=CC(=O)CC2)CC1. The minimum atomic E-state index is 0.281. The molecular formula is C12H20N2O. The molecule has 0 radical (unpaired) electrons. The van der Waals surface area contributed by atoms with Crippen LogP contribution in [0.2, 0.25) is 0 Å². The van der Waals surface area contributed by atoms with Gasteiger partial charge in [0, 0.05) is 37.3 Å². The molecular weight excluding hydrogens is 188 g/mol. The molecule has 0 aromatic heterocycles. The predicted molar refractivity (Wildman–Crippen MR) is 60.6 cm³/mol. The van der Waals surface area contributed by atoms with Crippen LogP contribution in [0.1, 0.15) is 32.6 Å². The van der Waals surface area contributed by atoms with Gasteiger partial charge < -0.3 is 10.2 Å². The molecule has 1 aliphatic carbocycles. The average molecular weight is 208 g/mol. The Hall–Kier alpha value is -0.830. The second-order valence-corrected chi connectivity index (χ2v) is 4.49. The molecule has 3 heteroatoms. The number of rotatable bonds is 3. The Morgan fingerprint density at radius 3 is 2.67 bits per heavy atom. The van der Waals surface area contributed by atoms with Crippen LogP contribution in [0.3, 0.4) is 0 Å². The van der Waals surface area contributed by atoms with Crippen molar-refractivity contribution in [3.8, 4) is 0 Å². The molecule has 3 nitrogen and oxygen atoms in total. The molecule has 1 saturated heterocycles. The van der Waals surface area contributed by atoms with Crippen LogP contribution in [-0.4, -0.2) is 36.4 Å². The fourth-order valence-electron chi connectivity index (χ4n) is 2.37. The zero-order valence-electron chi connectivity index (χ0n) is 9.46. The van der Waals surface area contributed by atoms with E-state index in [0.717, 1.165) is 18.7 Å². The van der Waals surface area contributed by atoms with Crippen LogP contribution in [0, 0.1) is 0 Å². The third-order valence-electron chi connectivity index (χ3n) is 3.40. The standard InChI is InChI=1S/C12H20N2O/c1-2-14-7-5-10(6-8-14)13-11-3-4-12(15)9-11/h9-10,13H,2-8H2,1H3. The first kappa shape index (κ1) is 10.7. The zero-order valence-corrected chi connectivity index (χ0v) is 9.46. The van der Waals surface area contributed by atoms with E-state index in [4.69, 9.17) is 0 Å². The number of ketones is 1. The molecule has 84 valence electrons. The monoisotopic (exact) mass is 208 g/mol. The second kappa shape index (κ2) is 4.79. The van der Waals surface area contributed by atoms with E-state index in [9.17, 15) is 4.79 Å². The summed E-state index contributed by atoms with van der Waals surface area (Å²) in [7, 11) is 0. The van der Waals surface area contributed by atoms with Crippen LogP contribution in [0.5, 0.6) is 0 Å². The lowest BCUT2D eigenvalue weighted by atomic mass is 10.0. The molecule has 0 unspecified atom stereocenters. The van der Waals surface area contributed by atoms with Gasteiger partial charge in [0.05, 0.1) is 0 Å². The van der Waals surface area contributed by atoms with Crippen LogP contribution in [0.15, 0.2) is 11.8 Å². The average Bonchev–Trinajstić information content (AvgIpc) is 2.65. The summed E-state index contributed by atoms with van der Waals surface area (Å²) < 4.78 is 0. The highest BCUT2D eigenvalue weighted by molar-refractivity contribution is 5.92. The van der Waals surface area contributed by atoms with E-state index >= 15 is 0 Å². The van der Waals surface area contributed by atoms with E-state index in [1.165, 1.54) is 25.9 Å². The Bertz CT molecular complexity index is 265. The lowest BCUT2D eigenvalue weighted by molar-refractivity contribution is -0.114. The van der Waals surface area contributed by atoms with Crippen molar-refractivity contribution in [2.45, 2.75) is 38.6 Å². The van der Waals surface area contributed by atoms with Crippen molar-refractivity contribution in [2.24, 2.45) is 0 Å². The van der Waals surface area contributed by atoms with Gasteiger partial charge in [-0.15, -0.1) is 0 Å². The summed E-state index contributed by atoms with van der Waals surface area (Å²) in [4.78, 5) is 13.5. The van der Waals surface area contributed by atoms with E-state index in [1.807, 2.05) is 0 Å². The molecule has 1 heterocycles. The topological polar surface area (TPSA) is 32.3 Å². The summed E-state index contributed by atoms with van der Waals surface area (Å²) in [6.45, 7) is 5.75. The smallest absolute Gasteiger partial charge is 0.157 e. The van der Waals surface area contributed by atoms with Gasteiger partial charge in [-0.1, -0.05) is 6.92 Å². The number of nitrogens with zero attached hydrogens (tertiary/aromatic N) is 1. The van der Waals surface area contributed by atoms with Crippen molar-refractivity contribution in [1.29, 1.82) is 0 Å². The first-order chi connectivity index (χ1) is 7.28. The van der Waals surface area contributed by atoms with Crippen molar-refractivity contribution in [2.75, 3.05) is 19.6 Å². The summed E-state index contributed by atoms with van der Waals surface area (Å²) in [5.41, 5.74) is 1.16. The van der Waals surface area contributed by atoms with E-state index in [-0.39, 0.29) is 5.78 Å². The largest absolute Gasteiger partial charge is 0.385 e. The normalized spacial score (nSPS) is 24.3. The van der Waals surface area contributed by atoms with Crippen LogP contribution in [0.25, 0.3) is 0 Å².